The van der Waals surface area contributed by atoms with Crippen LogP contribution in [0.15, 0.2) is 4.52 Å². The number of nitrogens with two attached hydrogens (primary N) is 1. The van der Waals surface area contributed by atoms with Gasteiger partial charge in [0.25, 0.3) is 0 Å². The number of hydrogen-bond donors (Lipinski definition) is 2. The van der Waals surface area contributed by atoms with Crippen LogP contribution in [0.3, 0.4) is 0 Å². The van der Waals surface area contributed by atoms with Gasteiger partial charge < -0.3 is 15.6 Å². The molecule has 78 valence electrons. The Morgan fingerprint density at radius 1 is 1.71 bits per heavy atom. The summed E-state index contributed by atoms with van der Waals surface area (Å²) in [5.41, 5.74) is 5.36. The third-order valence-electron chi connectivity index (χ3n) is 1.62. The number of nitrogens with zero attached hydrogens (tertiary/aromatic N) is 2. The van der Waals surface area contributed by atoms with Crippen LogP contribution >= 0.6 is 0 Å². The second kappa shape index (κ2) is 4.71. The quantitative estimate of drug-likeness (QED) is 0.672. The molecule has 3 N–H and O–H groups in total. The Bertz CT molecular complexity index is 308. The number of carbonyl (C=O) groups excluding carboxylic acids is 1. The van der Waals surface area contributed by atoms with Crippen LogP contribution in [0.25, 0.3) is 0 Å². The average molecular weight is 198 g/mol. The van der Waals surface area contributed by atoms with Crippen LogP contribution in [-0.4, -0.2) is 28.6 Å². The fourth-order valence-corrected chi connectivity index (χ4v) is 0.895. The van der Waals surface area contributed by atoms with Gasteiger partial charge >= 0.3 is 0 Å². The van der Waals surface area contributed by atoms with E-state index < -0.39 is 6.04 Å². The molecule has 1 atom stereocenters. The molecule has 0 aromatic carbocycles. The number of aromatic nitrogens is 2. The zero-order chi connectivity index (χ0) is 10.6. The highest BCUT2D eigenvalue weighted by molar-refractivity contribution is 5.80. The van der Waals surface area contributed by atoms with Gasteiger partial charge in [0.15, 0.2) is 5.82 Å². The summed E-state index contributed by atoms with van der Waals surface area (Å²) in [6, 6.07) is -0.487. The Morgan fingerprint density at radius 2 is 2.43 bits per heavy atom. The van der Waals surface area contributed by atoms with Crippen LogP contribution in [-0.2, 0) is 11.2 Å². The van der Waals surface area contributed by atoms with Crippen molar-refractivity contribution in [3.8, 4) is 0 Å². The summed E-state index contributed by atoms with van der Waals surface area (Å²) >= 11 is 0. The van der Waals surface area contributed by atoms with Crippen molar-refractivity contribution in [3.63, 3.8) is 0 Å². The maximum Gasteiger partial charge on any atom is 0.236 e. The van der Waals surface area contributed by atoms with Crippen molar-refractivity contribution >= 4 is 5.91 Å². The van der Waals surface area contributed by atoms with Crippen molar-refractivity contribution in [3.05, 3.63) is 11.7 Å². The monoisotopic (exact) mass is 198 g/mol. The number of carbonyl (C=O) groups is 1. The standard InChI is InChI=1S/C8H14N4O2/c1-5(9)8(13)10-4-3-7-11-6(2)12-14-7/h5H,3-4,9H2,1-2H3,(H,10,13)/t5-/m1/s1. The molecule has 6 nitrogen and oxygen atoms in total. The van der Waals surface area contributed by atoms with Crippen LogP contribution in [0.5, 0.6) is 0 Å². The normalized spacial score (nSPS) is 12.5. The highest BCUT2D eigenvalue weighted by Crippen LogP contribution is 1.95. The van der Waals surface area contributed by atoms with E-state index in [1.54, 1.807) is 13.8 Å². The Balaban J connectivity index is 2.25. The van der Waals surface area contributed by atoms with Crippen LogP contribution in [0, 0.1) is 6.92 Å². The third-order valence-corrected chi connectivity index (χ3v) is 1.62. The molecule has 1 amide bonds. The van der Waals surface area contributed by atoms with Gasteiger partial charge in [-0.2, -0.15) is 4.98 Å². The summed E-state index contributed by atoms with van der Waals surface area (Å²) in [7, 11) is 0. The molecular formula is C8H14N4O2. The Kier molecular flexibility index (Phi) is 3.58. The molecule has 1 rings (SSSR count). The molecule has 0 aliphatic heterocycles. The zero-order valence-corrected chi connectivity index (χ0v) is 8.28. The largest absolute Gasteiger partial charge is 0.354 e. The van der Waals surface area contributed by atoms with Crippen molar-refractivity contribution < 1.29 is 9.32 Å². The van der Waals surface area contributed by atoms with Gasteiger partial charge in [-0.25, -0.2) is 0 Å². The molecule has 14 heavy (non-hydrogen) atoms. The number of amides is 1. The maximum absolute atomic E-state index is 11.0. The first-order valence-corrected chi connectivity index (χ1v) is 4.42. The molecule has 6 heteroatoms. The van der Waals surface area contributed by atoms with Crippen molar-refractivity contribution in [1.82, 2.24) is 15.5 Å². The molecule has 0 fully saturated rings. The van der Waals surface area contributed by atoms with E-state index in [2.05, 4.69) is 15.5 Å². The molecule has 0 saturated heterocycles. The van der Waals surface area contributed by atoms with Gasteiger partial charge in [-0.3, -0.25) is 4.79 Å². The second-order valence-corrected chi connectivity index (χ2v) is 3.07. The Morgan fingerprint density at radius 3 is 2.93 bits per heavy atom. The lowest BCUT2D eigenvalue weighted by molar-refractivity contribution is -0.121. The summed E-state index contributed by atoms with van der Waals surface area (Å²) in [6.07, 6.45) is 0.527. The maximum atomic E-state index is 11.0. The predicted molar refractivity (Wildman–Crippen MR) is 49.4 cm³/mol. The first kappa shape index (κ1) is 10.6. The van der Waals surface area contributed by atoms with E-state index in [1.807, 2.05) is 0 Å². The van der Waals surface area contributed by atoms with Crippen LogP contribution in [0.1, 0.15) is 18.6 Å². The predicted octanol–water partition coefficient (Wildman–Crippen LogP) is -0.616. The molecule has 0 unspecified atom stereocenters. The first-order chi connectivity index (χ1) is 6.59. The Hall–Kier alpha value is -1.43. The van der Waals surface area contributed by atoms with Gasteiger partial charge in [0, 0.05) is 13.0 Å². The van der Waals surface area contributed by atoms with E-state index in [0.29, 0.717) is 24.7 Å². The van der Waals surface area contributed by atoms with Crippen molar-refractivity contribution in [2.75, 3.05) is 6.54 Å². The molecule has 0 radical (unpaired) electrons. The molecule has 1 heterocycles. The minimum atomic E-state index is -0.487. The van der Waals surface area contributed by atoms with Crippen molar-refractivity contribution in [1.29, 1.82) is 0 Å². The number of aryl methyl sites for hydroxylation is 1. The summed E-state index contributed by atoms with van der Waals surface area (Å²) in [4.78, 5) is 15.0. The summed E-state index contributed by atoms with van der Waals surface area (Å²) in [5.74, 6) is 0.937. The SMILES string of the molecule is Cc1noc(CCNC(=O)[C@@H](C)N)n1. The van der Waals surface area contributed by atoms with E-state index in [0.717, 1.165) is 0 Å². The smallest absolute Gasteiger partial charge is 0.236 e. The molecule has 1 aromatic heterocycles. The third kappa shape index (κ3) is 3.14. The van der Waals surface area contributed by atoms with E-state index in [1.165, 1.54) is 0 Å². The summed E-state index contributed by atoms with van der Waals surface area (Å²) < 4.78 is 4.86. The first-order valence-electron chi connectivity index (χ1n) is 4.42. The Labute approximate surface area is 81.9 Å². The molecular weight excluding hydrogens is 184 g/mol. The lowest BCUT2D eigenvalue weighted by atomic mass is 10.3. The van der Waals surface area contributed by atoms with Crippen molar-refractivity contribution in [2.45, 2.75) is 26.3 Å². The topological polar surface area (TPSA) is 94.0 Å². The van der Waals surface area contributed by atoms with Gasteiger partial charge in [-0.05, 0) is 13.8 Å². The molecule has 0 saturated carbocycles. The van der Waals surface area contributed by atoms with Gasteiger partial charge in [0.2, 0.25) is 11.8 Å². The van der Waals surface area contributed by atoms with E-state index in [4.69, 9.17) is 10.3 Å². The minimum Gasteiger partial charge on any atom is -0.354 e. The van der Waals surface area contributed by atoms with E-state index in [-0.39, 0.29) is 5.91 Å². The van der Waals surface area contributed by atoms with E-state index >= 15 is 0 Å². The summed E-state index contributed by atoms with van der Waals surface area (Å²) in [6.45, 7) is 3.84. The summed E-state index contributed by atoms with van der Waals surface area (Å²) in [5, 5.41) is 6.27. The number of nitrogens with one attached hydrogen (secondary N) is 1. The van der Waals surface area contributed by atoms with Gasteiger partial charge in [0.05, 0.1) is 6.04 Å². The molecule has 1 aromatic rings. The molecule has 0 aliphatic carbocycles. The average Bonchev–Trinajstić information content (AvgIpc) is 2.51. The highest BCUT2D eigenvalue weighted by atomic mass is 16.5. The molecule has 0 bridgehead atoms. The number of rotatable bonds is 4. The van der Waals surface area contributed by atoms with E-state index in [9.17, 15) is 4.79 Å². The van der Waals surface area contributed by atoms with Crippen LogP contribution < -0.4 is 11.1 Å². The van der Waals surface area contributed by atoms with Crippen LogP contribution in [0.4, 0.5) is 0 Å². The van der Waals surface area contributed by atoms with Crippen molar-refractivity contribution in [2.24, 2.45) is 5.73 Å². The zero-order valence-electron chi connectivity index (χ0n) is 8.28. The van der Waals surface area contributed by atoms with Gasteiger partial charge in [0.1, 0.15) is 0 Å². The molecule has 0 aliphatic rings. The fraction of sp³-hybridized carbons (Fsp3) is 0.625. The molecule has 0 spiro atoms. The highest BCUT2D eigenvalue weighted by Gasteiger charge is 2.07. The van der Waals surface area contributed by atoms with Gasteiger partial charge in [-0.1, -0.05) is 5.16 Å². The second-order valence-electron chi connectivity index (χ2n) is 3.07. The number of hydrogen-bond acceptors (Lipinski definition) is 5. The lowest BCUT2D eigenvalue weighted by Crippen LogP contribution is -2.39. The lowest BCUT2D eigenvalue weighted by Gasteiger charge is -2.05. The van der Waals surface area contributed by atoms with Gasteiger partial charge in [-0.15, -0.1) is 0 Å². The minimum absolute atomic E-state index is 0.179. The van der Waals surface area contributed by atoms with Crippen LogP contribution in [0.2, 0.25) is 0 Å². The fourth-order valence-electron chi connectivity index (χ4n) is 0.895.